The molecule has 0 saturated carbocycles. The summed E-state index contributed by atoms with van der Waals surface area (Å²) in [6, 6.07) is 0. The van der Waals surface area contributed by atoms with Crippen molar-refractivity contribution in [1.29, 1.82) is 0 Å². The molecule has 1 aromatic rings. The van der Waals surface area contributed by atoms with Gasteiger partial charge in [0.2, 0.25) is 0 Å². The van der Waals surface area contributed by atoms with Gasteiger partial charge in [0, 0.05) is 18.9 Å². The molecule has 0 saturated heterocycles. The van der Waals surface area contributed by atoms with E-state index < -0.39 is 0 Å². The van der Waals surface area contributed by atoms with Gasteiger partial charge in [0.25, 0.3) is 0 Å². The average molecular weight is 163 g/mol. The van der Waals surface area contributed by atoms with Gasteiger partial charge in [-0.2, -0.15) is 5.10 Å². The second-order valence-corrected chi connectivity index (χ2v) is 3.50. The van der Waals surface area contributed by atoms with Gasteiger partial charge in [-0.05, 0) is 5.92 Å². The van der Waals surface area contributed by atoms with E-state index in [1.54, 1.807) is 0 Å². The highest BCUT2D eigenvalue weighted by Crippen LogP contribution is 1.95. The fraction of sp³-hybridized carbons (Fsp3) is 0.667. The molecule has 0 atom stereocenters. The van der Waals surface area contributed by atoms with Crippen molar-refractivity contribution in [1.82, 2.24) is 9.78 Å². The van der Waals surface area contributed by atoms with Crippen LogP contribution in [0.25, 0.3) is 0 Å². The van der Waals surface area contributed by atoms with Crippen LogP contribution in [0.1, 0.15) is 20.8 Å². The standard InChI is InChI=1S/C9H16BN2/c1-4-10-9-5-11-12(7-9)6-8(2)3/h5,7-8H,4,6H2,1-3H3. The first kappa shape index (κ1) is 9.36. The van der Waals surface area contributed by atoms with Crippen molar-refractivity contribution in [3.8, 4) is 0 Å². The molecule has 0 aliphatic rings. The van der Waals surface area contributed by atoms with Crippen molar-refractivity contribution < 1.29 is 0 Å². The van der Waals surface area contributed by atoms with Gasteiger partial charge >= 0.3 is 0 Å². The zero-order chi connectivity index (χ0) is 8.97. The zero-order valence-corrected chi connectivity index (χ0v) is 8.12. The molecule has 12 heavy (non-hydrogen) atoms. The summed E-state index contributed by atoms with van der Waals surface area (Å²) in [4.78, 5) is 0. The second-order valence-electron chi connectivity index (χ2n) is 3.50. The lowest BCUT2D eigenvalue weighted by atomic mass is 9.70. The third-order valence-electron chi connectivity index (χ3n) is 1.65. The topological polar surface area (TPSA) is 17.8 Å². The van der Waals surface area contributed by atoms with Gasteiger partial charge in [-0.1, -0.05) is 32.6 Å². The first-order valence-corrected chi connectivity index (χ1v) is 4.58. The molecule has 0 fully saturated rings. The van der Waals surface area contributed by atoms with Gasteiger partial charge in [0.15, 0.2) is 7.28 Å². The predicted octanol–water partition coefficient (Wildman–Crippen LogP) is 1.31. The van der Waals surface area contributed by atoms with E-state index in [4.69, 9.17) is 0 Å². The van der Waals surface area contributed by atoms with Crippen LogP contribution in [-0.4, -0.2) is 17.1 Å². The molecule has 0 aromatic carbocycles. The van der Waals surface area contributed by atoms with Crippen molar-refractivity contribution in [3.63, 3.8) is 0 Å². The van der Waals surface area contributed by atoms with Crippen LogP contribution >= 0.6 is 0 Å². The molecule has 1 radical (unpaired) electrons. The first-order valence-electron chi connectivity index (χ1n) is 4.58. The summed E-state index contributed by atoms with van der Waals surface area (Å²) in [7, 11) is 2.18. The molecule has 1 aromatic heterocycles. The lowest BCUT2D eigenvalue weighted by Gasteiger charge is -2.03. The minimum absolute atomic E-state index is 0.666. The summed E-state index contributed by atoms with van der Waals surface area (Å²) < 4.78 is 2.01. The second kappa shape index (κ2) is 4.34. The Morgan fingerprint density at radius 2 is 2.33 bits per heavy atom. The summed E-state index contributed by atoms with van der Waals surface area (Å²) in [6.07, 6.45) is 5.10. The Bertz CT molecular complexity index is 230. The van der Waals surface area contributed by atoms with Gasteiger partial charge in [0.1, 0.15) is 0 Å². The van der Waals surface area contributed by atoms with E-state index in [9.17, 15) is 0 Å². The molecule has 0 amide bonds. The van der Waals surface area contributed by atoms with Crippen LogP contribution in [0.4, 0.5) is 0 Å². The molecule has 1 rings (SSSR count). The van der Waals surface area contributed by atoms with Gasteiger partial charge in [-0.25, -0.2) is 0 Å². The van der Waals surface area contributed by atoms with Gasteiger partial charge in [0.05, 0.1) is 0 Å². The number of aromatic nitrogens is 2. The Kier molecular flexibility index (Phi) is 3.38. The largest absolute Gasteiger partial charge is 0.273 e. The van der Waals surface area contributed by atoms with Crippen molar-refractivity contribution in [2.75, 3.05) is 0 Å². The minimum atomic E-state index is 0.666. The highest BCUT2D eigenvalue weighted by atomic mass is 15.3. The molecular weight excluding hydrogens is 147 g/mol. The quantitative estimate of drug-likeness (QED) is 0.612. The Balaban J connectivity index is 2.52. The minimum Gasteiger partial charge on any atom is -0.273 e. The van der Waals surface area contributed by atoms with Crippen molar-refractivity contribution in [3.05, 3.63) is 12.4 Å². The maximum absolute atomic E-state index is 4.26. The summed E-state index contributed by atoms with van der Waals surface area (Å²) in [5.74, 6) is 0.666. The number of nitrogens with zero attached hydrogens (tertiary/aromatic N) is 2. The van der Waals surface area contributed by atoms with Crippen LogP contribution in [-0.2, 0) is 6.54 Å². The van der Waals surface area contributed by atoms with Crippen LogP contribution in [0.15, 0.2) is 12.4 Å². The number of hydrogen-bond donors (Lipinski definition) is 0. The van der Waals surface area contributed by atoms with Gasteiger partial charge in [-0.15, -0.1) is 0 Å². The Hall–Kier alpha value is -0.725. The summed E-state index contributed by atoms with van der Waals surface area (Å²) in [5, 5.41) is 4.26. The molecule has 0 bridgehead atoms. The summed E-state index contributed by atoms with van der Waals surface area (Å²) in [6.45, 7) is 7.55. The predicted molar refractivity (Wildman–Crippen MR) is 52.9 cm³/mol. The van der Waals surface area contributed by atoms with Crippen molar-refractivity contribution in [2.24, 2.45) is 5.92 Å². The fourth-order valence-corrected chi connectivity index (χ4v) is 1.19. The fourth-order valence-electron chi connectivity index (χ4n) is 1.19. The molecule has 65 valence electrons. The lowest BCUT2D eigenvalue weighted by Crippen LogP contribution is -2.11. The molecule has 0 aliphatic heterocycles. The highest BCUT2D eigenvalue weighted by Gasteiger charge is 1.99. The van der Waals surface area contributed by atoms with Crippen LogP contribution in [0.3, 0.4) is 0 Å². The average Bonchev–Trinajstić information content (AvgIpc) is 2.36. The molecule has 2 nitrogen and oxygen atoms in total. The monoisotopic (exact) mass is 163 g/mol. The van der Waals surface area contributed by atoms with E-state index in [0.29, 0.717) is 5.92 Å². The SMILES string of the molecule is CC[B]c1cnn(CC(C)C)c1. The van der Waals surface area contributed by atoms with Crippen LogP contribution in [0.2, 0.25) is 6.32 Å². The van der Waals surface area contributed by atoms with E-state index in [0.717, 1.165) is 12.9 Å². The Morgan fingerprint density at radius 3 is 2.92 bits per heavy atom. The van der Waals surface area contributed by atoms with E-state index >= 15 is 0 Å². The lowest BCUT2D eigenvalue weighted by molar-refractivity contribution is 0.483. The molecule has 3 heteroatoms. The van der Waals surface area contributed by atoms with Gasteiger partial charge < -0.3 is 0 Å². The third-order valence-corrected chi connectivity index (χ3v) is 1.65. The molecule has 0 aliphatic carbocycles. The Morgan fingerprint density at radius 1 is 1.58 bits per heavy atom. The first-order chi connectivity index (χ1) is 5.72. The highest BCUT2D eigenvalue weighted by molar-refractivity contribution is 6.53. The smallest absolute Gasteiger partial charge is 0.155 e. The molecule has 1 heterocycles. The summed E-state index contributed by atoms with van der Waals surface area (Å²) >= 11 is 0. The van der Waals surface area contributed by atoms with Crippen LogP contribution in [0, 0.1) is 5.92 Å². The van der Waals surface area contributed by atoms with Crippen molar-refractivity contribution in [2.45, 2.75) is 33.6 Å². The van der Waals surface area contributed by atoms with Gasteiger partial charge in [-0.3, -0.25) is 4.68 Å². The number of rotatable bonds is 4. The molecule has 0 spiro atoms. The maximum atomic E-state index is 4.26. The normalized spacial score (nSPS) is 10.7. The van der Waals surface area contributed by atoms with E-state index in [1.165, 1.54) is 5.46 Å². The third kappa shape index (κ3) is 2.72. The molecule has 0 unspecified atom stereocenters. The van der Waals surface area contributed by atoms with E-state index in [2.05, 4.69) is 39.3 Å². The van der Waals surface area contributed by atoms with Crippen LogP contribution in [0.5, 0.6) is 0 Å². The van der Waals surface area contributed by atoms with E-state index in [-0.39, 0.29) is 0 Å². The molecule has 0 N–H and O–H groups in total. The molecular formula is C9H16BN2. The summed E-state index contributed by atoms with van der Waals surface area (Å²) in [5.41, 5.74) is 1.23. The maximum Gasteiger partial charge on any atom is 0.155 e. The number of hydrogen-bond acceptors (Lipinski definition) is 1. The zero-order valence-electron chi connectivity index (χ0n) is 8.12. The van der Waals surface area contributed by atoms with Crippen molar-refractivity contribution >= 4 is 12.7 Å². The van der Waals surface area contributed by atoms with Crippen LogP contribution < -0.4 is 5.46 Å². The Labute approximate surface area is 75.2 Å². The van der Waals surface area contributed by atoms with E-state index in [1.807, 2.05) is 10.9 Å².